The second kappa shape index (κ2) is 5.77. The molecule has 0 saturated carbocycles. The molecule has 1 saturated heterocycles. The molecule has 2 aromatic rings. The Balaban J connectivity index is 1.65. The summed E-state index contributed by atoms with van der Waals surface area (Å²) in [6.07, 6.45) is 3.45. The molecule has 6 heteroatoms. The molecule has 21 heavy (non-hydrogen) atoms. The van der Waals surface area contributed by atoms with E-state index in [1.54, 1.807) is 12.4 Å². The first-order chi connectivity index (χ1) is 10.1. The van der Waals surface area contributed by atoms with Crippen LogP contribution in [0.5, 0.6) is 0 Å². The van der Waals surface area contributed by atoms with Gasteiger partial charge in [0.25, 0.3) is 0 Å². The van der Waals surface area contributed by atoms with Gasteiger partial charge in [0, 0.05) is 32.4 Å². The molecule has 0 bridgehead atoms. The third kappa shape index (κ3) is 2.88. The quantitative estimate of drug-likeness (QED) is 0.813. The van der Waals surface area contributed by atoms with E-state index < -0.39 is 0 Å². The monoisotopic (exact) mass is 304 g/mol. The van der Waals surface area contributed by atoms with E-state index >= 15 is 0 Å². The van der Waals surface area contributed by atoms with Crippen molar-refractivity contribution < 1.29 is 4.79 Å². The first kappa shape index (κ1) is 13.9. The lowest BCUT2D eigenvalue weighted by Gasteiger charge is -2.36. The average Bonchev–Trinajstić information content (AvgIpc) is 2.94. The molecule has 1 aliphatic heterocycles. The molecule has 1 amide bonds. The second-order valence-corrected chi connectivity index (χ2v) is 5.58. The first-order valence-electron chi connectivity index (χ1n) is 6.95. The number of aryl methyl sites for hydroxylation is 1. The lowest BCUT2D eigenvalue weighted by molar-refractivity contribution is 0.193. The fourth-order valence-corrected chi connectivity index (χ4v) is 2.76. The van der Waals surface area contributed by atoms with Crippen LogP contribution >= 0.6 is 11.6 Å². The van der Waals surface area contributed by atoms with E-state index in [0.717, 1.165) is 29.4 Å². The lowest BCUT2D eigenvalue weighted by atomic mass is 10.2. The highest BCUT2D eigenvalue weighted by atomic mass is 35.5. The molecule has 1 aromatic carbocycles. The third-order valence-electron chi connectivity index (χ3n) is 3.65. The highest BCUT2D eigenvalue weighted by Crippen LogP contribution is 2.26. The molecule has 0 atom stereocenters. The summed E-state index contributed by atoms with van der Waals surface area (Å²) in [6, 6.07) is 7.73. The van der Waals surface area contributed by atoms with Crippen molar-refractivity contribution in [1.82, 2.24) is 14.7 Å². The summed E-state index contributed by atoms with van der Waals surface area (Å²) in [7, 11) is 0. The van der Waals surface area contributed by atoms with E-state index in [2.05, 4.69) is 10.00 Å². The molecule has 1 fully saturated rings. The SMILES string of the molecule is Cc1cnn(C(=O)N2CCN(c3ccccc3Cl)CC2)c1. The minimum Gasteiger partial charge on any atom is -0.367 e. The Bertz CT molecular complexity index is 647. The molecule has 110 valence electrons. The Hall–Kier alpha value is -2.01. The maximum absolute atomic E-state index is 12.3. The predicted molar refractivity (Wildman–Crippen MR) is 83.0 cm³/mol. The predicted octanol–water partition coefficient (Wildman–Crippen LogP) is 2.64. The largest absolute Gasteiger partial charge is 0.367 e. The van der Waals surface area contributed by atoms with Crippen molar-refractivity contribution in [3.05, 3.63) is 47.2 Å². The Morgan fingerprint density at radius 2 is 1.90 bits per heavy atom. The Kier molecular flexibility index (Phi) is 3.84. The van der Waals surface area contributed by atoms with Gasteiger partial charge in [-0.1, -0.05) is 23.7 Å². The molecule has 1 aromatic heterocycles. The minimum absolute atomic E-state index is 0.0677. The molecule has 0 spiro atoms. The molecule has 0 N–H and O–H groups in total. The molecule has 3 rings (SSSR count). The Morgan fingerprint density at radius 3 is 2.52 bits per heavy atom. The molecular formula is C15H17ClN4O. The summed E-state index contributed by atoms with van der Waals surface area (Å²) < 4.78 is 1.40. The van der Waals surface area contributed by atoms with Gasteiger partial charge in [-0.15, -0.1) is 0 Å². The minimum atomic E-state index is -0.0677. The number of rotatable bonds is 1. The molecule has 1 aliphatic rings. The van der Waals surface area contributed by atoms with Gasteiger partial charge in [-0.3, -0.25) is 0 Å². The number of para-hydroxylation sites is 1. The van der Waals surface area contributed by atoms with Crippen LogP contribution in [0.1, 0.15) is 5.56 Å². The zero-order chi connectivity index (χ0) is 14.8. The highest BCUT2D eigenvalue weighted by Gasteiger charge is 2.23. The first-order valence-corrected chi connectivity index (χ1v) is 7.33. The van der Waals surface area contributed by atoms with Crippen LogP contribution in [0.25, 0.3) is 0 Å². The number of hydrogen-bond acceptors (Lipinski definition) is 3. The molecule has 5 nitrogen and oxygen atoms in total. The summed E-state index contributed by atoms with van der Waals surface area (Å²) in [6.45, 7) is 4.81. The normalized spacial score (nSPS) is 15.3. The van der Waals surface area contributed by atoms with Crippen molar-refractivity contribution in [2.75, 3.05) is 31.1 Å². The van der Waals surface area contributed by atoms with Crippen molar-refractivity contribution >= 4 is 23.3 Å². The Morgan fingerprint density at radius 1 is 1.19 bits per heavy atom. The summed E-state index contributed by atoms with van der Waals surface area (Å²) >= 11 is 6.22. The number of benzene rings is 1. The van der Waals surface area contributed by atoms with Gasteiger partial charge in [0.2, 0.25) is 0 Å². The third-order valence-corrected chi connectivity index (χ3v) is 3.97. The number of nitrogens with zero attached hydrogens (tertiary/aromatic N) is 4. The smallest absolute Gasteiger partial charge is 0.344 e. The van der Waals surface area contributed by atoms with Crippen LogP contribution in [0.15, 0.2) is 36.7 Å². The van der Waals surface area contributed by atoms with Crippen LogP contribution in [0, 0.1) is 6.92 Å². The molecular weight excluding hydrogens is 288 g/mol. The van der Waals surface area contributed by atoms with Crippen LogP contribution in [-0.4, -0.2) is 46.9 Å². The summed E-state index contributed by atoms with van der Waals surface area (Å²) in [5, 5.41) is 4.82. The lowest BCUT2D eigenvalue weighted by Crippen LogP contribution is -2.50. The number of carbonyl (C=O) groups excluding carboxylic acids is 1. The van der Waals surface area contributed by atoms with Gasteiger partial charge in [0.05, 0.1) is 16.9 Å². The van der Waals surface area contributed by atoms with Crippen molar-refractivity contribution in [3.8, 4) is 0 Å². The number of anilines is 1. The van der Waals surface area contributed by atoms with Crippen LogP contribution in [0.3, 0.4) is 0 Å². The molecule has 0 unspecified atom stereocenters. The van der Waals surface area contributed by atoms with Gasteiger partial charge in [0.15, 0.2) is 0 Å². The number of piperazine rings is 1. The van der Waals surface area contributed by atoms with Gasteiger partial charge in [-0.05, 0) is 24.6 Å². The second-order valence-electron chi connectivity index (χ2n) is 5.17. The fraction of sp³-hybridized carbons (Fsp3) is 0.333. The number of hydrogen-bond donors (Lipinski definition) is 0. The standard InChI is InChI=1S/C15H17ClN4O/c1-12-10-17-20(11-12)15(21)19-8-6-18(7-9-19)14-5-3-2-4-13(14)16/h2-5,10-11H,6-9H2,1H3. The topological polar surface area (TPSA) is 41.4 Å². The summed E-state index contributed by atoms with van der Waals surface area (Å²) in [4.78, 5) is 16.3. The van der Waals surface area contributed by atoms with E-state index in [4.69, 9.17) is 11.6 Å². The van der Waals surface area contributed by atoms with Crippen molar-refractivity contribution in [3.63, 3.8) is 0 Å². The van der Waals surface area contributed by atoms with Crippen LogP contribution < -0.4 is 4.90 Å². The number of amides is 1. The summed E-state index contributed by atoms with van der Waals surface area (Å²) in [5.74, 6) is 0. The average molecular weight is 305 g/mol. The van der Waals surface area contributed by atoms with Gasteiger partial charge in [0.1, 0.15) is 0 Å². The molecule has 0 aliphatic carbocycles. The maximum Gasteiger partial charge on any atom is 0.344 e. The highest BCUT2D eigenvalue weighted by molar-refractivity contribution is 6.33. The van der Waals surface area contributed by atoms with E-state index in [9.17, 15) is 4.79 Å². The number of aromatic nitrogens is 2. The van der Waals surface area contributed by atoms with E-state index in [1.807, 2.05) is 36.1 Å². The van der Waals surface area contributed by atoms with Gasteiger partial charge >= 0.3 is 6.03 Å². The van der Waals surface area contributed by atoms with Crippen LogP contribution in [-0.2, 0) is 0 Å². The number of carbonyl (C=O) groups is 1. The number of halogens is 1. The fourth-order valence-electron chi connectivity index (χ4n) is 2.51. The van der Waals surface area contributed by atoms with E-state index in [-0.39, 0.29) is 6.03 Å². The van der Waals surface area contributed by atoms with Crippen molar-refractivity contribution in [1.29, 1.82) is 0 Å². The van der Waals surface area contributed by atoms with Crippen molar-refractivity contribution in [2.24, 2.45) is 0 Å². The molecule has 0 radical (unpaired) electrons. The zero-order valence-electron chi connectivity index (χ0n) is 11.9. The van der Waals surface area contributed by atoms with Gasteiger partial charge < -0.3 is 9.80 Å². The van der Waals surface area contributed by atoms with Gasteiger partial charge in [-0.2, -0.15) is 9.78 Å². The van der Waals surface area contributed by atoms with Crippen LogP contribution in [0.2, 0.25) is 5.02 Å². The Labute approximate surface area is 128 Å². The van der Waals surface area contributed by atoms with E-state index in [1.165, 1.54) is 4.68 Å². The van der Waals surface area contributed by atoms with Crippen LogP contribution in [0.4, 0.5) is 10.5 Å². The summed E-state index contributed by atoms with van der Waals surface area (Å²) in [5.41, 5.74) is 2.01. The van der Waals surface area contributed by atoms with Gasteiger partial charge in [-0.25, -0.2) is 4.79 Å². The maximum atomic E-state index is 12.3. The zero-order valence-corrected chi connectivity index (χ0v) is 12.6. The van der Waals surface area contributed by atoms with Crippen molar-refractivity contribution in [2.45, 2.75) is 6.92 Å². The molecule has 2 heterocycles. The van der Waals surface area contributed by atoms with E-state index in [0.29, 0.717) is 13.1 Å².